The molecule has 1 unspecified atom stereocenters. The van der Waals surface area contributed by atoms with Gasteiger partial charge in [-0.3, -0.25) is 14.6 Å². The molecule has 1 aliphatic rings. The largest absolute Gasteiger partial charge is 0.369 e. The molecule has 2 heterocycles. The van der Waals surface area contributed by atoms with Crippen LogP contribution in [0.2, 0.25) is 0 Å². The Bertz CT molecular complexity index is 749. The first-order valence-electron chi connectivity index (χ1n) is 6.87. The Morgan fingerprint density at radius 3 is 2.67 bits per heavy atom. The number of nitrogens with one attached hydrogen (secondary N) is 2. The van der Waals surface area contributed by atoms with E-state index in [9.17, 15) is 9.59 Å². The van der Waals surface area contributed by atoms with Gasteiger partial charge in [-0.25, -0.2) is 0 Å². The summed E-state index contributed by atoms with van der Waals surface area (Å²) in [7, 11) is 0. The molecule has 1 aliphatic heterocycles. The SMILES string of the molecule is CCc1ccc(C2CC(=O)Nc3nc(N)[nH]c(=O)c32)cc1. The zero-order valence-corrected chi connectivity index (χ0v) is 11.6. The van der Waals surface area contributed by atoms with Gasteiger partial charge in [-0.1, -0.05) is 31.2 Å². The molecule has 1 aromatic heterocycles. The number of carbonyl (C=O) groups excluding carboxylic acids is 1. The van der Waals surface area contributed by atoms with E-state index in [-0.39, 0.29) is 35.6 Å². The molecule has 4 N–H and O–H groups in total. The molecule has 1 atom stereocenters. The van der Waals surface area contributed by atoms with Gasteiger partial charge in [0.05, 0.1) is 5.56 Å². The van der Waals surface area contributed by atoms with E-state index in [1.165, 1.54) is 5.56 Å². The fourth-order valence-corrected chi connectivity index (χ4v) is 2.66. The maximum atomic E-state index is 12.2. The van der Waals surface area contributed by atoms with Crippen LogP contribution in [0.5, 0.6) is 0 Å². The van der Waals surface area contributed by atoms with Crippen molar-refractivity contribution in [3.63, 3.8) is 0 Å². The molecule has 0 saturated carbocycles. The summed E-state index contributed by atoms with van der Waals surface area (Å²) in [4.78, 5) is 30.5. The van der Waals surface area contributed by atoms with Crippen LogP contribution < -0.4 is 16.6 Å². The highest BCUT2D eigenvalue weighted by atomic mass is 16.2. The predicted octanol–water partition coefficient (Wildman–Crippen LogP) is 1.39. The Labute approximate surface area is 121 Å². The molecule has 0 fully saturated rings. The number of rotatable bonds is 2. The Hall–Kier alpha value is -2.63. The van der Waals surface area contributed by atoms with Crippen LogP contribution in [0.15, 0.2) is 29.1 Å². The maximum absolute atomic E-state index is 12.2. The van der Waals surface area contributed by atoms with Crippen molar-refractivity contribution in [2.45, 2.75) is 25.7 Å². The van der Waals surface area contributed by atoms with Crippen LogP contribution in [0.3, 0.4) is 0 Å². The monoisotopic (exact) mass is 284 g/mol. The molecule has 1 amide bonds. The van der Waals surface area contributed by atoms with Gasteiger partial charge in [0.1, 0.15) is 5.82 Å². The summed E-state index contributed by atoms with van der Waals surface area (Å²) in [5.74, 6) is -0.195. The smallest absolute Gasteiger partial charge is 0.258 e. The van der Waals surface area contributed by atoms with Crippen LogP contribution >= 0.6 is 0 Å². The summed E-state index contributed by atoms with van der Waals surface area (Å²) in [6.45, 7) is 2.08. The highest BCUT2D eigenvalue weighted by molar-refractivity contribution is 5.94. The van der Waals surface area contributed by atoms with Gasteiger partial charge < -0.3 is 11.1 Å². The molecule has 0 radical (unpaired) electrons. The molecule has 1 aromatic carbocycles. The third-order valence-electron chi connectivity index (χ3n) is 3.76. The zero-order valence-electron chi connectivity index (χ0n) is 11.6. The van der Waals surface area contributed by atoms with Crippen LogP contribution in [0.1, 0.15) is 36.0 Å². The molecule has 108 valence electrons. The van der Waals surface area contributed by atoms with Crippen molar-refractivity contribution >= 4 is 17.7 Å². The molecular weight excluding hydrogens is 268 g/mol. The Kier molecular flexibility index (Phi) is 3.21. The van der Waals surface area contributed by atoms with Crippen molar-refractivity contribution in [1.82, 2.24) is 9.97 Å². The number of nitrogen functional groups attached to an aromatic ring is 1. The van der Waals surface area contributed by atoms with E-state index >= 15 is 0 Å². The van der Waals surface area contributed by atoms with Crippen LogP contribution in [-0.4, -0.2) is 15.9 Å². The normalized spacial score (nSPS) is 17.2. The Morgan fingerprint density at radius 1 is 1.29 bits per heavy atom. The molecule has 3 rings (SSSR count). The highest BCUT2D eigenvalue weighted by Crippen LogP contribution is 2.33. The lowest BCUT2D eigenvalue weighted by molar-refractivity contribution is -0.116. The number of carbonyl (C=O) groups is 1. The van der Waals surface area contributed by atoms with Crippen molar-refractivity contribution in [2.75, 3.05) is 11.1 Å². The second-order valence-corrected chi connectivity index (χ2v) is 5.11. The van der Waals surface area contributed by atoms with E-state index in [0.29, 0.717) is 5.56 Å². The van der Waals surface area contributed by atoms with E-state index in [4.69, 9.17) is 5.73 Å². The topological polar surface area (TPSA) is 101 Å². The summed E-state index contributed by atoms with van der Waals surface area (Å²) < 4.78 is 0. The summed E-state index contributed by atoms with van der Waals surface area (Å²) in [6.07, 6.45) is 1.17. The van der Waals surface area contributed by atoms with Gasteiger partial charge >= 0.3 is 0 Å². The summed E-state index contributed by atoms with van der Waals surface area (Å²) in [5, 5.41) is 2.61. The third-order valence-corrected chi connectivity index (χ3v) is 3.76. The van der Waals surface area contributed by atoms with Gasteiger partial charge in [-0.2, -0.15) is 4.98 Å². The number of fused-ring (bicyclic) bond motifs is 1. The van der Waals surface area contributed by atoms with Crippen molar-refractivity contribution in [3.8, 4) is 0 Å². The van der Waals surface area contributed by atoms with Crippen molar-refractivity contribution in [3.05, 3.63) is 51.3 Å². The number of amides is 1. The Morgan fingerprint density at radius 2 is 2.00 bits per heavy atom. The first-order valence-corrected chi connectivity index (χ1v) is 6.87. The van der Waals surface area contributed by atoms with Crippen molar-refractivity contribution in [2.24, 2.45) is 0 Å². The standard InChI is InChI=1S/C15H16N4O2/c1-2-8-3-5-9(6-4-8)10-7-11(20)17-13-12(10)14(21)19-15(16)18-13/h3-6,10H,2,7H2,1H3,(H4,16,17,18,19,20,21). The number of nitrogens with two attached hydrogens (primary N) is 1. The van der Waals surface area contributed by atoms with Crippen LogP contribution in [0.25, 0.3) is 0 Å². The van der Waals surface area contributed by atoms with Gasteiger partial charge in [0, 0.05) is 12.3 Å². The molecule has 2 aromatic rings. The second kappa shape index (κ2) is 5.05. The van der Waals surface area contributed by atoms with Gasteiger partial charge in [0.2, 0.25) is 11.9 Å². The van der Waals surface area contributed by atoms with E-state index in [0.717, 1.165) is 12.0 Å². The number of aromatic nitrogens is 2. The number of hydrogen-bond donors (Lipinski definition) is 3. The second-order valence-electron chi connectivity index (χ2n) is 5.11. The molecule has 21 heavy (non-hydrogen) atoms. The predicted molar refractivity (Wildman–Crippen MR) is 80.2 cm³/mol. The molecule has 0 aliphatic carbocycles. The minimum atomic E-state index is -0.304. The van der Waals surface area contributed by atoms with E-state index in [1.807, 2.05) is 24.3 Å². The molecule has 0 saturated heterocycles. The first kappa shape index (κ1) is 13.4. The Balaban J connectivity index is 2.12. The minimum absolute atomic E-state index is 0.000955. The molecule has 0 bridgehead atoms. The summed E-state index contributed by atoms with van der Waals surface area (Å²) in [6, 6.07) is 7.95. The molecule has 6 heteroatoms. The first-order chi connectivity index (χ1) is 10.1. The van der Waals surface area contributed by atoms with Gasteiger partial charge in [0.15, 0.2) is 0 Å². The average Bonchev–Trinajstić information content (AvgIpc) is 2.45. The fourth-order valence-electron chi connectivity index (χ4n) is 2.66. The highest BCUT2D eigenvalue weighted by Gasteiger charge is 2.30. The van der Waals surface area contributed by atoms with Crippen LogP contribution in [-0.2, 0) is 11.2 Å². The number of aryl methyl sites for hydroxylation is 1. The summed E-state index contributed by atoms with van der Waals surface area (Å²) in [5.41, 5.74) is 7.84. The van der Waals surface area contributed by atoms with E-state index in [2.05, 4.69) is 22.2 Å². The van der Waals surface area contributed by atoms with E-state index < -0.39 is 0 Å². The van der Waals surface area contributed by atoms with Crippen molar-refractivity contribution < 1.29 is 4.79 Å². The number of aromatic amines is 1. The van der Waals surface area contributed by atoms with Crippen LogP contribution in [0, 0.1) is 0 Å². The third kappa shape index (κ3) is 2.40. The lowest BCUT2D eigenvalue weighted by Crippen LogP contribution is -2.31. The molecular formula is C15H16N4O2. The molecule has 6 nitrogen and oxygen atoms in total. The van der Waals surface area contributed by atoms with Gasteiger partial charge in [0.25, 0.3) is 5.56 Å². The minimum Gasteiger partial charge on any atom is -0.369 e. The van der Waals surface area contributed by atoms with Crippen molar-refractivity contribution in [1.29, 1.82) is 0 Å². The molecule has 0 spiro atoms. The van der Waals surface area contributed by atoms with Crippen LogP contribution in [0.4, 0.5) is 11.8 Å². The van der Waals surface area contributed by atoms with Gasteiger partial charge in [-0.15, -0.1) is 0 Å². The quantitative estimate of drug-likeness (QED) is 0.775. The number of nitrogens with zero attached hydrogens (tertiary/aromatic N) is 1. The number of anilines is 2. The number of hydrogen-bond acceptors (Lipinski definition) is 4. The summed E-state index contributed by atoms with van der Waals surface area (Å²) >= 11 is 0. The number of H-pyrrole nitrogens is 1. The van der Waals surface area contributed by atoms with Gasteiger partial charge in [-0.05, 0) is 17.5 Å². The van der Waals surface area contributed by atoms with E-state index in [1.54, 1.807) is 0 Å². The lowest BCUT2D eigenvalue weighted by atomic mass is 9.86. The average molecular weight is 284 g/mol. The maximum Gasteiger partial charge on any atom is 0.258 e. The number of benzene rings is 1. The lowest BCUT2D eigenvalue weighted by Gasteiger charge is -2.24. The fraction of sp³-hybridized carbons (Fsp3) is 0.267. The zero-order chi connectivity index (χ0) is 15.0.